The Labute approximate surface area is 165 Å². The van der Waals surface area contributed by atoms with Gasteiger partial charge < -0.3 is 26.2 Å². The monoisotopic (exact) mass is 405 g/mol. The normalized spacial score (nSPS) is 14.4. The fraction of sp³-hybridized carbons (Fsp3) is 0.765. The van der Waals surface area contributed by atoms with E-state index in [9.17, 15) is 19.2 Å². The number of aliphatic hydroxyl groups excluding tert-OH is 1. The number of hydrogen-bond acceptors (Lipinski definition) is 6. The second-order valence-electron chi connectivity index (χ2n) is 7.04. The molecule has 10 heteroatoms. The first kappa shape index (κ1) is 25.2. The third-order valence-corrected chi connectivity index (χ3v) is 3.97. The molecule has 0 heterocycles. The maximum absolute atomic E-state index is 12.6. The molecule has 0 unspecified atom stereocenters. The van der Waals surface area contributed by atoms with Crippen molar-refractivity contribution < 1.29 is 29.4 Å². The van der Waals surface area contributed by atoms with Gasteiger partial charge in [-0.25, -0.2) is 4.79 Å². The van der Waals surface area contributed by atoms with Crippen molar-refractivity contribution in [3.63, 3.8) is 0 Å². The Balaban J connectivity index is 5.22. The number of amides is 3. The number of aliphatic hydroxyl groups is 1. The quantitative estimate of drug-likeness (QED) is 0.242. The summed E-state index contributed by atoms with van der Waals surface area (Å²) in [6, 6.07) is -3.29. The molecule has 0 radical (unpaired) electrons. The number of thiol groups is 1. The summed E-state index contributed by atoms with van der Waals surface area (Å²) >= 11 is 3.98. The Morgan fingerprint density at radius 3 is 1.89 bits per heavy atom. The van der Waals surface area contributed by atoms with Crippen molar-refractivity contribution in [2.75, 3.05) is 12.4 Å². The third-order valence-electron chi connectivity index (χ3n) is 3.74. The van der Waals surface area contributed by atoms with Gasteiger partial charge in [0.25, 0.3) is 0 Å². The Morgan fingerprint density at radius 1 is 0.926 bits per heavy atom. The van der Waals surface area contributed by atoms with Gasteiger partial charge in [0.1, 0.15) is 18.1 Å². The molecule has 0 fully saturated rings. The average molecular weight is 406 g/mol. The molecule has 0 aliphatic carbocycles. The molecular weight excluding hydrogens is 374 g/mol. The fourth-order valence-corrected chi connectivity index (χ4v) is 2.51. The summed E-state index contributed by atoms with van der Waals surface area (Å²) in [5.74, 6) is -2.78. The zero-order valence-electron chi connectivity index (χ0n) is 16.2. The van der Waals surface area contributed by atoms with E-state index >= 15 is 0 Å². The highest BCUT2D eigenvalue weighted by molar-refractivity contribution is 7.80. The maximum Gasteiger partial charge on any atom is 0.328 e. The molecular formula is C17H31N3O6S. The van der Waals surface area contributed by atoms with Crippen LogP contribution in [0.5, 0.6) is 0 Å². The summed E-state index contributed by atoms with van der Waals surface area (Å²) in [5.41, 5.74) is 0. The van der Waals surface area contributed by atoms with E-state index in [-0.39, 0.29) is 30.6 Å². The molecule has 0 saturated heterocycles. The summed E-state index contributed by atoms with van der Waals surface area (Å²) in [6.07, 6.45) is 0.428. The predicted molar refractivity (Wildman–Crippen MR) is 103 cm³/mol. The van der Waals surface area contributed by atoms with Crippen LogP contribution in [0.2, 0.25) is 0 Å². The van der Waals surface area contributed by atoms with Gasteiger partial charge in [-0.2, -0.15) is 12.6 Å². The third kappa shape index (κ3) is 9.62. The molecule has 3 amide bonds. The molecule has 0 aliphatic heterocycles. The summed E-state index contributed by atoms with van der Waals surface area (Å²) in [5, 5.41) is 25.4. The Kier molecular flexibility index (Phi) is 11.7. The minimum Gasteiger partial charge on any atom is -0.480 e. The number of carboxylic acids is 1. The summed E-state index contributed by atoms with van der Waals surface area (Å²) < 4.78 is 0. The van der Waals surface area contributed by atoms with Crippen LogP contribution in [0.25, 0.3) is 0 Å². The second-order valence-corrected chi connectivity index (χ2v) is 7.48. The van der Waals surface area contributed by atoms with Crippen LogP contribution in [0.3, 0.4) is 0 Å². The lowest BCUT2D eigenvalue weighted by Gasteiger charge is -2.26. The summed E-state index contributed by atoms with van der Waals surface area (Å²) in [7, 11) is 0. The van der Waals surface area contributed by atoms with Crippen LogP contribution < -0.4 is 16.0 Å². The van der Waals surface area contributed by atoms with Crippen LogP contribution in [0.4, 0.5) is 0 Å². The number of nitrogens with one attached hydrogen (secondary N) is 3. The summed E-state index contributed by atoms with van der Waals surface area (Å²) in [6.45, 7) is 6.45. The van der Waals surface area contributed by atoms with Crippen molar-refractivity contribution in [3.8, 4) is 0 Å². The molecule has 27 heavy (non-hydrogen) atoms. The minimum atomic E-state index is -1.46. The van der Waals surface area contributed by atoms with Crippen LogP contribution >= 0.6 is 12.6 Å². The Bertz CT molecular complexity index is 527. The molecule has 0 aromatic carbocycles. The van der Waals surface area contributed by atoms with Crippen molar-refractivity contribution in [2.24, 2.45) is 11.8 Å². The van der Waals surface area contributed by atoms with E-state index in [2.05, 4.69) is 28.6 Å². The van der Waals surface area contributed by atoms with E-state index in [1.807, 2.05) is 13.8 Å². The lowest BCUT2D eigenvalue weighted by Crippen LogP contribution is -2.57. The topological polar surface area (TPSA) is 145 Å². The lowest BCUT2D eigenvalue weighted by atomic mass is 9.99. The second kappa shape index (κ2) is 12.6. The first-order valence-corrected chi connectivity index (χ1v) is 9.51. The molecule has 5 N–H and O–H groups in total. The Morgan fingerprint density at radius 2 is 1.48 bits per heavy atom. The molecule has 0 rings (SSSR count). The van der Waals surface area contributed by atoms with Crippen LogP contribution in [0.1, 0.15) is 40.5 Å². The minimum absolute atomic E-state index is 0.0368. The van der Waals surface area contributed by atoms with Crippen molar-refractivity contribution in [1.82, 2.24) is 16.0 Å². The highest BCUT2D eigenvalue weighted by Crippen LogP contribution is 2.08. The van der Waals surface area contributed by atoms with Crippen LogP contribution in [0.15, 0.2) is 0 Å². The van der Waals surface area contributed by atoms with Gasteiger partial charge in [0.05, 0.1) is 6.61 Å². The van der Waals surface area contributed by atoms with Gasteiger partial charge >= 0.3 is 5.97 Å². The van der Waals surface area contributed by atoms with Gasteiger partial charge in [-0.1, -0.05) is 27.7 Å². The van der Waals surface area contributed by atoms with Crippen LogP contribution in [0, 0.1) is 11.8 Å². The Hall–Kier alpha value is -1.81. The zero-order chi connectivity index (χ0) is 21.1. The maximum atomic E-state index is 12.6. The lowest BCUT2D eigenvalue weighted by molar-refractivity contribution is -0.143. The van der Waals surface area contributed by atoms with Crippen molar-refractivity contribution in [1.29, 1.82) is 0 Å². The molecule has 0 aromatic heterocycles. The molecule has 156 valence electrons. The number of carboxylic acid groups (broad SMARTS) is 1. The molecule has 0 bridgehead atoms. The van der Waals surface area contributed by atoms with E-state index in [1.54, 1.807) is 13.8 Å². The van der Waals surface area contributed by atoms with Crippen molar-refractivity contribution in [2.45, 2.75) is 58.7 Å². The van der Waals surface area contributed by atoms with Gasteiger partial charge in [0, 0.05) is 6.42 Å². The standard InChI is InChI=1S/C17H31N3O6S/c1-9(2)7-11(15(23)19-12(8-21)17(25)26)18-16(24)14(10(3)4)20-13(22)5-6-27/h9-12,14,21,27H,5-8H2,1-4H3,(H,18,24)(H,19,23)(H,20,22)(H,25,26)/t11-,12-,14-/m0/s1. The number of carbonyl (C=O) groups is 4. The van der Waals surface area contributed by atoms with E-state index < -0.39 is 42.5 Å². The zero-order valence-corrected chi connectivity index (χ0v) is 17.1. The smallest absolute Gasteiger partial charge is 0.328 e. The van der Waals surface area contributed by atoms with Gasteiger partial charge in [-0.15, -0.1) is 0 Å². The van der Waals surface area contributed by atoms with E-state index in [4.69, 9.17) is 10.2 Å². The average Bonchev–Trinajstić information content (AvgIpc) is 2.55. The SMILES string of the molecule is CC(C)C[C@H](NC(=O)[C@@H](NC(=O)CCS)C(C)C)C(=O)N[C@@H](CO)C(=O)O. The van der Waals surface area contributed by atoms with Gasteiger partial charge in [-0.3, -0.25) is 14.4 Å². The molecule has 0 aliphatic rings. The largest absolute Gasteiger partial charge is 0.480 e. The highest BCUT2D eigenvalue weighted by atomic mass is 32.1. The fourth-order valence-electron chi connectivity index (χ4n) is 2.30. The number of carbonyl (C=O) groups excluding carboxylic acids is 3. The highest BCUT2D eigenvalue weighted by Gasteiger charge is 2.30. The van der Waals surface area contributed by atoms with Crippen molar-refractivity contribution in [3.05, 3.63) is 0 Å². The summed E-state index contributed by atoms with van der Waals surface area (Å²) in [4.78, 5) is 47.8. The number of hydrogen-bond donors (Lipinski definition) is 6. The van der Waals surface area contributed by atoms with Crippen molar-refractivity contribution >= 4 is 36.3 Å². The first-order valence-electron chi connectivity index (χ1n) is 8.88. The van der Waals surface area contributed by atoms with E-state index in [0.29, 0.717) is 5.75 Å². The molecule has 3 atom stereocenters. The number of aliphatic carboxylic acids is 1. The van der Waals surface area contributed by atoms with E-state index in [0.717, 1.165) is 0 Å². The van der Waals surface area contributed by atoms with Crippen LogP contribution in [-0.4, -0.2) is 64.4 Å². The van der Waals surface area contributed by atoms with Crippen LogP contribution in [-0.2, 0) is 19.2 Å². The molecule has 0 aromatic rings. The van der Waals surface area contributed by atoms with Gasteiger partial charge in [-0.05, 0) is 24.0 Å². The van der Waals surface area contributed by atoms with E-state index in [1.165, 1.54) is 0 Å². The van der Waals surface area contributed by atoms with Gasteiger partial charge in [0.2, 0.25) is 17.7 Å². The molecule has 9 nitrogen and oxygen atoms in total. The molecule has 0 saturated carbocycles. The molecule has 0 spiro atoms. The predicted octanol–water partition coefficient (Wildman–Crippen LogP) is -0.460. The number of rotatable bonds is 12. The first-order chi connectivity index (χ1) is 12.5. The van der Waals surface area contributed by atoms with Gasteiger partial charge in [0.15, 0.2) is 0 Å².